The highest BCUT2D eigenvalue weighted by Crippen LogP contribution is 2.23. The Morgan fingerprint density at radius 3 is 2.73 bits per heavy atom. The van der Waals surface area contributed by atoms with Gasteiger partial charge in [0.25, 0.3) is 0 Å². The summed E-state index contributed by atoms with van der Waals surface area (Å²) in [6, 6.07) is 6.96. The van der Waals surface area contributed by atoms with Crippen molar-refractivity contribution in [2.24, 2.45) is 0 Å². The summed E-state index contributed by atoms with van der Waals surface area (Å²) >= 11 is 3.30. The maximum atomic E-state index is 11.5. The van der Waals surface area contributed by atoms with Crippen molar-refractivity contribution < 1.29 is 8.42 Å². The molecule has 0 aliphatic rings. The van der Waals surface area contributed by atoms with Crippen LogP contribution in [-0.4, -0.2) is 19.7 Å². The molecule has 0 aliphatic heterocycles. The molecule has 0 unspecified atom stereocenters. The van der Waals surface area contributed by atoms with Gasteiger partial charge in [-0.2, -0.15) is 0 Å². The molecule has 0 N–H and O–H groups in total. The van der Waals surface area contributed by atoms with E-state index in [1.165, 1.54) is 6.26 Å². The Hall–Kier alpha value is -0.940. The molecule has 2 rings (SSSR count). The maximum Gasteiger partial charge on any atom is 0.177 e. The Morgan fingerprint density at radius 1 is 1.33 bits per heavy atom. The Morgan fingerprint density at radius 2 is 2.07 bits per heavy atom. The van der Waals surface area contributed by atoms with Crippen LogP contribution in [-0.2, 0) is 9.84 Å². The van der Waals surface area contributed by atoms with Gasteiger partial charge in [0.05, 0.1) is 10.4 Å². The summed E-state index contributed by atoms with van der Waals surface area (Å²) in [7, 11) is -3.22. The molecule has 15 heavy (non-hydrogen) atoms. The molecule has 0 fully saturated rings. The first-order valence-corrected chi connectivity index (χ1v) is 6.91. The smallest absolute Gasteiger partial charge is 0.177 e. The van der Waals surface area contributed by atoms with Crippen molar-refractivity contribution in [1.82, 2.24) is 4.98 Å². The molecule has 1 heterocycles. The summed E-state index contributed by atoms with van der Waals surface area (Å²) in [4.78, 5) is 4.39. The van der Waals surface area contributed by atoms with Gasteiger partial charge in [-0.3, -0.25) is 4.98 Å². The lowest BCUT2D eigenvalue weighted by Crippen LogP contribution is -1.99. The van der Waals surface area contributed by atoms with E-state index in [2.05, 4.69) is 20.9 Å². The molecule has 78 valence electrons. The topological polar surface area (TPSA) is 47.0 Å². The molecule has 1 aromatic heterocycles. The van der Waals surface area contributed by atoms with Crippen LogP contribution < -0.4 is 0 Å². The van der Waals surface area contributed by atoms with Gasteiger partial charge in [0, 0.05) is 22.3 Å². The number of pyridine rings is 1. The number of para-hydroxylation sites is 1. The van der Waals surface area contributed by atoms with Crippen molar-refractivity contribution >= 4 is 36.7 Å². The van der Waals surface area contributed by atoms with Crippen LogP contribution in [0.5, 0.6) is 0 Å². The second kappa shape index (κ2) is 3.57. The fourth-order valence-corrected chi connectivity index (χ4v) is 2.60. The zero-order valence-electron chi connectivity index (χ0n) is 7.94. The van der Waals surface area contributed by atoms with Gasteiger partial charge in [-0.1, -0.05) is 12.1 Å². The summed E-state index contributed by atoms with van der Waals surface area (Å²) < 4.78 is 23.8. The molecule has 0 radical (unpaired) electrons. The van der Waals surface area contributed by atoms with E-state index in [1.807, 2.05) is 12.1 Å². The Kier molecular flexibility index (Phi) is 2.52. The lowest BCUT2D eigenvalue weighted by Gasteiger charge is -2.03. The highest BCUT2D eigenvalue weighted by molar-refractivity contribution is 9.10. The fraction of sp³-hybridized carbons (Fsp3) is 0.100. The predicted octanol–water partition coefficient (Wildman–Crippen LogP) is 2.40. The number of aromatic nitrogens is 1. The molecule has 2 aromatic rings. The lowest BCUT2D eigenvalue weighted by molar-refractivity contribution is 0.602. The number of halogens is 1. The zero-order valence-corrected chi connectivity index (χ0v) is 10.3. The average Bonchev–Trinajstić information content (AvgIpc) is 2.15. The normalized spacial score (nSPS) is 11.9. The number of nitrogens with zero attached hydrogens (tertiary/aromatic N) is 1. The van der Waals surface area contributed by atoms with Gasteiger partial charge in [-0.05, 0) is 28.1 Å². The molecule has 0 saturated heterocycles. The van der Waals surface area contributed by atoms with Gasteiger partial charge < -0.3 is 0 Å². The van der Waals surface area contributed by atoms with E-state index in [9.17, 15) is 8.42 Å². The highest BCUT2D eigenvalue weighted by atomic mass is 79.9. The Labute approximate surface area is 96.2 Å². The summed E-state index contributed by atoms with van der Waals surface area (Å²) in [5.41, 5.74) is 0.517. The van der Waals surface area contributed by atoms with Gasteiger partial charge in [-0.15, -0.1) is 0 Å². The van der Waals surface area contributed by atoms with Crippen molar-refractivity contribution in [3.8, 4) is 0 Å². The first-order chi connectivity index (χ1) is 6.98. The van der Waals surface area contributed by atoms with E-state index in [0.29, 0.717) is 5.52 Å². The van der Waals surface area contributed by atoms with Crippen LogP contribution in [0.2, 0.25) is 0 Å². The second-order valence-corrected chi connectivity index (χ2v) is 6.15. The number of sulfone groups is 1. The number of hydrogen-bond donors (Lipinski definition) is 0. The fourth-order valence-electron chi connectivity index (χ4n) is 1.41. The Bertz CT molecular complexity index is 622. The van der Waals surface area contributed by atoms with E-state index in [1.54, 1.807) is 18.3 Å². The first-order valence-electron chi connectivity index (χ1n) is 4.23. The quantitative estimate of drug-likeness (QED) is 0.808. The molecule has 0 spiro atoms. The van der Waals surface area contributed by atoms with E-state index >= 15 is 0 Å². The molecule has 0 bridgehead atoms. The molecule has 0 amide bonds. The van der Waals surface area contributed by atoms with E-state index in [4.69, 9.17) is 0 Å². The SMILES string of the molecule is CS(=O)(=O)c1cccc2cc(Br)cnc12. The molecular weight excluding hydrogens is 278 g/mol. The highest BCUT2D eigenvalue weighted by Gasteiger charge is 2.12. The van der Waals surface area contributed by atoms with Crippen molar-refractivity contribution in [2.45, 2.75) is 4.90 Å². The first kappa shape index (κ1) is 10.6. The monoisotopic (exact) mass is 285 g/mol. The Balaban J connectivity index is 2.89. The number of rotatable bonds is 1. The number of fused-ring (bicyclic) bond motifs is 1. The van der Waals surface area contributed by atoms with Gasteiger partial charge in [-0.25, -0.2) is 8.42 Å². The summed E-state index contributed by atoms with van der Waals surface area (Å²) in [5, 5.41) is 0.812. The predicted molar refractivity (Wildman–Crippen MR) is 62.6 cm³/mol. The van der Waals surface area contributed by atoms with Crippen LogP contribution in [0.15, 0.2) is 39.8 Å². The van der Waals surface area contributed by atoms with Crippen LogP contribution in [0.25, 0.3) is 10.9 Å². The third-order valence-electron chi connectivity index (χ3n) is 2.04. The van der Waals surface area contributed by atoms with Crippen LogP contribution in [0.4, 0.5) is 0 Å². The zero-order chi connectivity index (χ0) is 11.1. The van der Waals surface area contributed by atoms with Crippen molar-refractivity contribution in [3.63, 3.8) is 0 Å². The summed E-state index contributed by atoms with van der Waals surface area (Å²) in [6.07, 6.45) is 2.78. The molecule has 0 atom stereocenters. The molecular formula is C10H8BrNO2S. The standard InChI is InChI=1S/C10H8BrNO2S/c1-15(13,14)9-4-2-3-7-5-8(11)6-12-10(7)9/h2-6H,1H3. The third-order valence-corrected chi connectivity index (χ3v) is 3.60. The molecule has 3 nitrogen and oxygen atoms in total. The molecule has 0 saturated carbocycles. The van der Waals surface area contributed by atoms with E-state index in [-0.39, 0.29) is 4.90 Å². The minimum Gasteiger partial charge on any atom is -0.254 e. The van der Waals surface area contributed by atoms with Gasteiger partial charge in [0.15, 0.2) is 9.84 Å². The lowest BCUT2D eigenvalue weighted by atomic mass is 10.2. The maximum absolute atomic E-state index is 11.5. The summed E-state index contributed by atoms with van der Waals surface area (Å²) in [6.45, 7) is 0. The average molecular weight is 286 g/mol. The van der Waals surface area contributed by atoms with E-state index < -0.39 is 9.84 Å². The van der Waals surface area contributed by atoms with Crippen molar-refractivity contribution in [1.29, 1.82) is 0 Å². The molecule has 1 aromatic carbocycles. The van der Waals surface area contributed by atoms with Gasteiger partial charge in [0.1, 0.15) is 0 Å². The summed E-state index contributed by atoms with van der Waals surface area (Å²) in [5.74, 6) is 0. The van der Waals surface area contributed by atoms with Crippen molar-refractivity contribution in [3.05, 3.63) is 34.9 Å². The third kappa shape index (κ3) is 2.03. The molecule has 5 heteroatoms. The van der Waals surface area contributed by atoms with Crippen LogP contribution in [0.1, 0.15) is 0 Å². The van der Waals surface area contributed by atoms with E-state index in [0.717, 1.165) is 9.86 Å². The number of benzene rings is 1. The second-order valence-electron chi connectivity index (χ2n) is 3.25. The van der Waals surface area contributed by atoms with Gasteiger partial charge >= 0.3 is 0 Å². The number of hydrogen-bond acceptors (Lipinski definition) is 3. The minimum atomic E-state index is -3.22. The molecule has 0 aliphatic carbocycles. The van der Waals surface area contributed by atoms with Crippen LogP contribution in [0, 0.1) is 0 Å². The van der Waals surface area contributed by atoms with Gasteiger partial charge in [0.2, 0.25) is 0 Å². The van der Waals surface area contributed by atoms with Crippen LogP contribution >= 0.6 is 15.9 Å². The van der Waals surface area contributed by atoms with Crippen molar-refractivity contribution in [2.75, 3.05) is 6.26 Å². The largest absolute Gasteiger partial charge is 0.254 e. The van der Waals surface area contributed by atoms with Crippen LogP contribution in [0.3, 0.4) is 0 Å². The minimum absolute atomic E-state index is 0.271.